The Kier molecular flexibility index (Phi) is 4.89. The lowest BCUT2D eigenvalue weighted by molar-refractivity contribution is 0.217. The predicted octanol–water partition coefficient (Wildman–Crippen LogP) is 3.21. The van der Waals surface area contributed by atoms with Crippen molar-refractivity contribution >= 4 is 21.6 Å². The number of hydrogen-bond acceptors (Lipinski definition) is 3. The standard InChI is InChI=1S/C14H21BrN2O/c1-17-7-3-4-11(10-17)9-16-12-5-6-14(18-2)13(15)8-12/h5-6,8,11,16H,3-4,7,9-10H2,1-2H3. The molecule has 18 heavy (non-hydrogen) atoms. The number of anilines is 1. The molecule has 0 spiro atoms. The number of benzene rings is 1. The third kappa shape index (κ3) is 3.62. The zero-order valence-electron chi connectivity index (χ0n) is 11.1. The molecule has 1 atom stereocenters. The van der Waals surface area contributed by atoms with Crippen LogP contribution >= 0.6 is 15.9 Å². The first-order chi connectivity index (χ1) is 8.69. The van der Waals surface area contributed by atoms with Crippen molar-refractivity contribution in [3.05, 3.63) is 22.7 Å². The summed E-state index contributed by atoms with van der Waals surface area (Å²) in [7, 11) is 3.89. The lowest BCUT2D eigenvalue weighted by Gasteiger charge is -2.30. The maximum absolute atomic E-state index is 5.23. The van der Waals surface area contributed by atoms with Crippen LogP contribution in [0.1, 0.15) is 12.8 Å². The van der Waals surface area contributed by atoms with Crippen molar-refractivity contribution in [3.63, 3.8) is 0 Å². The first-order valence-electron chi connectivity index (χ1n) is 6.45. The molecule has 1 aliphatic rings. The van der Waals surface area contributed by atoms with Crippen molar-refractivity contribution in [1.29, 1.82) is 0 Å². The Balaban J connectivity index is 1.88. The summed E-state index contributed by atoms with van der Waals surface area (Å²) in [6.07, 6.45) is 2.64. The fourth-order valence-electron chi connectivity index (χ4n) is 2.48. The van der Waals surface area contributed by atoms with Crippen LogP contribution < -0.4 is 10.1 Å². The molecule has 1 aromatic carbocycles. The van der Waals surface area contributed by atoms with Gasteiger partial charge in [-0.15, -0.1) is 0 Å². The van der Waals surface area contributed by atoms with Gasteiger partial charge in [0.1, 0.15) is 5.75 Å². The smallest absolute Gasteiger partial charge is 0.133 e. The quantitative estimate of drug-likeness (QED) is 0.924. The lowest BCUT2D eigenvalue weighted by Crippen LogP contribution is -2.35. The average Bonchev–Trinajstić information content (AvgIpc) is 2.37. The molecule has 0 aromatic heterocycles. The third-order valence-corrected chi connectivity index (χ3v) is 4.09. The van der Waals surface area contributed by atoms with E-state index < -0.39 is 0 Å². The minimum Gasteiger partial charge on any atom is -0.496 e. The van der Waals surface area contributed by atoms with Gasteiger partial charge in [0.15, 0.2) is 0 Å². The predicted molar refractivity (Wildman–Crippen MR) is 79.4 cm³/mol. The molecule has 1 heterocycles. The van der Waals surface area contributed by atoms with Crippen LogP contribution in [-0.4, -0.2) is 38.7 Å². The number of nitrogens with one attached hydrogen (secondary N) is 1. The Bertz CT molecular complexity index is 397. The molecule has 2 rings (SSSR count). The summed E-state index contributed by atoms with van der Waals surface area (Å²) < 4.78 is 6.22. The molecule has 0 radical (unpaired) electrons. The van der Waals surface area contributed by atoms with Crippen LogP contribution in [-0.2, 0) is 0 Å². The second-order valence-electron chi connectivity index (χ2n) is 5.00. The highest BCUT2D eigenvalue weighted by Gasteiger charge is 2.16. The summed E-state index contributed by atoms with van der Waals surface area (Å²) in [4.78, 5) is 2.42. The maximum Gasteiger partial charge on any atom is 0.133 e. The highest BCUT2D eigenvalue weighted by Crippen LogP contribution is 2.28. The molecule has 0 aliphatic carbocycles. The van der Waals surface area contributed by atoms with Crippen LogP contribution in [0.5, 0.6) is 5.75 Å². The number of likely N-dealkylation sites (tertiary alicyclic amines) is 1. The van der Waals surface area contributed by atoms with Gasteiger partial charge in [-0.05, 0) is 66.5 Å². The molecule has 1 aromatic rings. The second kappa shape index (κ2) is 6.43. The van der Waals surface area contributed by atoms with E-state index in [1.807, 2.05) is 6.07 Å². The normalized spacial score (nSPS) is 20.7. The van der Waals surface area contributed by atoms with Gasteiger partial charge in [0, 0.05) is 18.8 Å². The van der Waals surface area contributed by atoms with Gasteiger partial charge in [-0.2, -0.15) is 0 Å². The van der Waals surface area contributed by atoms with Crippen LogP contribution in [0, 0.1) is 5.92 Å². The lowest BCUT2D eigenvalue weighted by atomic mass is 9.98. The molecule has 1 aliphatic heterocycles. The first-order valence-corrected chi connectivity index (χ1v) is 7.24. The van der Waals surface area contributed by atoms with E-state index in [1.165, 1.54) is 25.9 Å². The fraction of sp³-hybridized carbons (Fsp3) is 0.571. The minimum absolute atomic E-state index is 0.754. The van der Waals surface area contributed by atoms with Crippen LogP contribution in [0.4, 0.5) is 5.69 Å². The first kappa shape index (κ1) is 13.7. The molecular formula is C14H21BrN2O. The van der Waals surface area contributed by atoms with E-state index in [0.29, 0.717) is 0 Å². The van der Waals surface area contributed by atoms with E-state index in [1.54, 1.807) is 7.11 Å². The fourth-order valence-corrected chi connectivity index (χ4v) is 3.02. The second-order valence-corrected chi connectivity index (χ2v) is 5.86. The molecule has 1 N–H and O–H groups in total. The maximum atomic E-state index is 5.23. The summed E-state index contributed by atoms with van der Waals surface area (Å²) >= 11 is 3.51. The average molecular weight is 313 g/mol. The summed E-state index contributed by atoms with van der Waals surface area (Å²) in [5.74, 6) is 1.63. The summed E-state index contributed by atoms with van der Waals surface area (Å²) in [6, 6.07) is 6.13. The van der Waals surface area contributed by atoms with Gasteiger partial charge in [0.05, 0.1) is 11.6 Å². The number of nitrogens with zero attached hydrogens (tertiary/aromatic N) is 1. The SMILES string of the molecule is COc1ccc(NCC2CCCN(C)C2)cc1Br. The van der Waals surface area contributed by atoms with Gasteiger partial charge in [-0.25, -0.2) is 0 Å². The number of halogens is 1. The van der Waals surface area contributed by atoms with Crippen LogP contribution in [0.25, 0.3) is 0 Å². The molecule has 0 saturated carbocycles. The van der Waals surface area contributed by atoms with Gasteiger partial charge in [0.2, 0.25) is 0 Å². The van der Waals surface area contributed by atoms with E-state index >= 15 is 0 Å². The summed E-state index contributed by atoms with van der Waals surface area (Å²) in [5.41, 5.74) is 1.15. The van der Waals surface area contributed by atoms with Crippen LogP contribution in [0.3, 0.4) is 0 Å². The molecule has 1 saturated heterocycles. The Hall–Kier alpha value is -0.740. The molecule has 0 amide bonds. The molecule has 4 heteroatoms. The van der Waals surface area contributed by atoms with E-state index in [-0.39, 0.29) is 0 Å². The monoisotopic (exact) mass is 312 g/mol. The third-order valence-electron chi connectivity index (χ3n) is 3.47. The van der Waals surface area contributed by atoms with Crippen LogP contribution in [0.15, 0.2) is 22.7 Å². The minimum atomic E-state index is 0.754. The number of piperidine rings is 1. The van der Waals surface area contributed by atoms with E-state index in [4.69, 9.17) is 4.74 Å². The van der Waals surface area contributed by atoms with Crippen molar-refractivity contribution < 1.29 is 4.74 Å². The van der Waals surface area contributed by atoms with E-state index in [2.05, 4.69) is 45.3 Å². The Morgan fingerprint density at radius 3 is 3.00 bits per heavy atom. The van der Waals surface area contributed by atoms with Gasteiger partial charge in [0.25, 0.3) is 0 Å². The highest BCUT2D eigenvalue weighted by atomic mass is 79.9. The van der Waals surface area contributed by atoms with Gasteiger partial charge < -0.3 is 15.0 Å². The number of rotatable bonds is 4. The Labute approximate surface area is 118 Å². The molecule has 100 valence electrons. The summed E-state index contributed by atoms with van der Waals surface area (Å²) in [6.45, 7) is 3.48. The van der Waals surface area contributed by atoms with Crippen LogP contribution in [0.2, 0.25) is 0 Å². The molecule has 3 nitrogen and oxygen atoms in total. The van der Waals surface area contributed by atoms with E-state index in [9.17, 15) is 0 Å². The highest BCUT2D eigenvalue weighted by molar-refractivity contribution is 9.10. The zero-order valence-corrected chi connectivity index (χ0v) is 12.7. The number of methoxy groups -OCH3 is 1. The molecular weight excluding hydrogens is 292 g/mol. The molecule has 1 fully saturated rings. The Morgan fingerprint density at radius 1 is 1.50 bits per heavy atom. The van der Waals surface area contributed by atoms with Gasteiger partial charge >= 0.3 is 0 Å². The van der Waals surface area contributed by atoms with Crippen molar-refractivity contribution in [2.45, 2.75) is 12.8 Å². The molecule has 0 bridgehead atoms. The Morgan fingerprint density at radius 2 is 2.33 bits per heavy atom. The zero-order chi connectivity index (χ0) is 13.0. The molecule has 1 unspecified atom stereocenters. The number of ether oxygens (including phenoxy) is 1. The topological polar surface area (TPSA) is 24.5 Å². The van der Waals surface area contributed by atoms with E-state index in [0.717, 1.165) is 28.4 Å². The van der Waals surface area contributed by atoms with Gasteiger partial charge in [-0.3, -0.25) is 0 Å². The van der Waals surface area contributed by atoms with Crippen molar-refractivity contribution in [1.82, 2.24) is 4.90 Å². The van der Waals surface area contributed by atoms with Gasteiger partial charge in [-0.1, -0.05) is 0 Å². The number of hydrogen-bond donors (Lipinski definition) is 1. The largest absolute Gasteiger partial charge is 0.496 e. The van der Waals surface area contributed by atoms with Crippen molar-refractivity contribution in [3.8, 4) is 5.75 Å². The van der Waals surface area contributed by atoms with Crippen molar-refractivity contribution in [2.24, 2.45) is 5.92 Å². The summed E-state index contributed by atoms with van der Waals surface area (Å²) in [5, 5.41) is 3.51. The van der Waals surface area contributed by atoms with Crippen molar-refractivity contribution in [2.75, 3.05) is 39.1 Å².